The summed E-state index contributed by atoms with van der Waals surface area (Å²) < 4.78 is 0. The maximum atomic E-state index is 3.46. The second-order valence-corrected chi connectivity index (χ2v) is 3.45. The summed E-state index contributed by atoms with van der Waals surface area (Å²) >= 11 is 0. The fourth-order valence-corrected chi connectivity index (χ4v) is 2.05. The number of aryl methyl sites for hydroxylation is 1. The molecule has 0 saturated carbocycles. The van der Waals surface area contributed by atoms with Crippen LogP contribution in [0.3, 0.4) is 0 Å². The van der Waals surface area contributed by atoms with Crippen LogP contribution in [0.25, 0.3) is 0 Å². The molecule has 0 aliphatic carbocycles. The van der Waals surface area contributed by atoms with Crippen LogP contribution in [-0.4, -0.2) is 0 Å². The van der Waals surface area contributed by atoms with Crippen LogP contribution in [0.5, 0.6) is 0 Å². The van der Waals surface area contributed by atoms with Gasteiger partial charge in [-0.2, -0.15) is 0 Å². The maximum Gasteiger partial charge on any atom is 0.0300 e. The van der Waals surface area contributed by atoms with Crippen LogP contribution in [0.1, 0.15) is 36.6 Å². The Bertz CT molecular complexity index is 291. The maximum absolute atomic E-state index is 3.46. The number of nitrogens with one attached hydrogen (secondary N) is 1. The largest absolute Gasteiger partial charge is 0.306 e. The van der Waals surface area contributed by atoms with E-state index >= 15 is 0 Å². The molecule has 1 aromatic rings. The summed E-state index contributed by atoms with van der Waals surface area (Å²) in [6.07, 6.45) is 1.15. The number of rotatable bonds is 1. The summed E-state index contributed by atoms with van der Waals surface area (Å²) in [4.78, 5) is 0. The predicted molar refractivity (Wildman–Crippen MR) is 51.1 cm³/mol. The van der Waals surface area contributed by atoms with E-state index in [0.717, 1.165) is 13.0 Å². The predicted octanol–water partition coefficient (Wildman–Crippen LogP) is 2.41. The average molecular weight is 161 g/mol. The highest BCUT2D eigenvalue weighted by molar-refractivity contribution is 5.40. The highest BCUT2D eigenvalue weighted by Gasteiger charge is 2.19. The molecule has 1 heteroatoms. The molecule has 0 aromatic heterocycles. The summed E-state index contributed by atoms with van der Waals surface area (Å²) in [5.41, 5.74) is 4.53. The van der Waals surface area contributed by atoms with Gasteiger partial charge in [0.25, 0.3) is 0 Å². The lowest BCUT2D eigenvalue weighted by Gasteiger charge is -2.09. The molecule has 0 spiro atoms. The molecule has 0 bridgehead atoms. The second-order valence-electron chi connectivity index (χ2n) is 3.45. The number of hydrogen-bond acceptors (Lipinski definition) is 1. The smallest absolute Gasteiger partial charge is 0.0300 e. The van der Waals surface area contributed by atoms with Gasteiger partial charge in [0.1, 0.15) is 0 Å². The Hall–Kier alpha value is -0.820. The first-order chi connectivity index (χ1) is 5.83. The van der Waals surface area contributed by atoms with Gasteiger partial charge in [0, 0.05) is 12.6 Å². The van der Waals surface area contributed by atoms with Gasteiger partial charge in [-0.3, -0.25) is 0 Å². The fraction of sp³-hybridized carbons (Fsp3) is 0.455. The lowest BCUT2D eigenvalue weighted by Crippen LogP contribution is -2.08. The van der Waals surface area contributed by atoms with Gasteiger partial charge >= 0.3 is 0 Å². The van der Waals surface area contributed by atoms with E-state index < -0.39 is 0 Å². The lowest BCUT2D eigenvalue weighted by molar-refractivity contribution is 0.630. The first-order valence-corrected chi connectivity index (χ1v) is 4.67. The van der Waals surface area contributed by atoms with Gasteiger partial charge in [0.15, 0.2) is 0 Å². The molecule has 64 valence electrons. The first-order valence-electron chi connectivity index (χ1n) is 4.67. The van der Waals surface area contributed by atoms with E-state index in [4.69, 9.17) is 0 Å². The number of fused-ring (bicyclic) bond motifs is 1. The quantitative estimate of drug-likeness (QED) is 0.667. The van der Waals surface area contributed by atoms with Crippen molar-refractivity contribution >= 4 is 0 Å². The first kappa shape index (κ1) is 7.81. The minimum absolute atomic E-state index is 0.552. The van der Waals surface area contributed by atoms with Gasteiger partial charge in [-0.15, -0.1) is 0 Å². The molecule has 1 aliphatic rings. The molecule has 1 atom stereocenters. The third-order valence-corrected chi connectivity index (χ3v) is 2.70. The Morgan fingerprint density at radius 2 is 2.33 bits per heavy atom. The minimum atomic E-state index is 0.552. The minimum Gasteiger partial charge on any atom is -0.306 e. The fourth-order valence-electron chi connectivity index (χ4n) is 2.05. The SMILES string of the molecule is CCc1cccc2c1[C@@H](C)NC2. The summed E-state index contributed by atoms with van der Waals surface area (Å²) in [6.45, 7) is 5.51. The third kappa shape index (κ3) is 1.05. The van der Waals surface area contributed by atoms with Crippen molar-refractivity contribution in [2.75, 3.05) is 0 Å². The number of hydrogen-bond donors (Lipinski definition) is 1. The molecule has 12 heavy (non-hydrogen) atoms. The Balaban J connectivity index is 2.53. The summed E-state index contributed by atoms with van der Waals surface area (Å²) in [5.74, 6) is 0. The molecule has 1 N–H and O–H groups in total. The Kier molecular flexibility index (Phi) is 1.89. The van der Waals surface area contributed by atoms with Gasteiger partial charge in [0.05, 0.1) is 0 Å². The molecular formula is C11H15N. The van der Waals surface area contributed by atoms with E-state index in [0.29, 0.717) is 6.04 Å². The Morgan fingerprint density at radius 1 is 1.50 bits per heavy atom. The van der Waals surface area contributed by atoms with E-state index in [1.807, 2.05) is 0 Å². The molecule has 0 fully saturated rings. The van der Waals surface area contributed by atoms with E-state index in [2.05, 4.69) is 37.4 Å². The van der Waals surface area contributed by atoms with Crippen LogP contribution in [0.2, 0.25) is 0 Å². The zero-order valence-corrected chi connectivity index (χ0v) is 7.72. The van der Waals surface area contributed by atoms with Crippen LogP contribution in [0, 0.1) is 0 Å². The molecule has 1 nitrogen and oxygen atoms in total. The standard InChI is InChI=1S/C11H15N/c1-3-9-5-4-6-10-7-12-8(2)11(9)10/h4-6,8,12H,3,7H2,1-2H3/t8-/m1/s1. The van der Waals surface area contributed by atoms with Gasteiger partial charge in [0.2, 0.25) is 0 Å². The molecule has 1 aromatic carbocycles. The highest BCUT2D eigenvalue weighted by Crippen LogP contribution is 2.28. The molecule has 0 radical (unpaired) electrons. The normalized spacial score (nSPS) is 21.0. The van der Waals surface area contributed by atoms with Crippen LogP contribution >= 0.6 is 0 Å². The molecule has 0 saturated heterocycles. The molecule has 0 unspecified atom stereocenters. The van der Waals surface area contributed by atoms with Crippen molar-refractivity contribution in [3.05, 3.63) is 34.9 Å². The van der Waals surface area contributed by atoms with Gasteiger partial charge in [-0.25, -0.2) is 0 Å². The second kappa shape index (κ2) is 2.91. The molecule has 1 aliphatic heterocycles. The monoisotopic (exact) mass is 161 g/mol. The van der Waals surface area contributed by atoms with Crippen molar-refractivity contribution in [1.29, 1.82) is 0 Å². The van der Waals surface area contributed by atoms with E-state index in [-0.39, 0.29) is 0 Å². The zero-order chi connectivity index (χ0) is 8.55. The average Bonchev–Trinajstić information content (AvgIpc) is 2.48. The van der Waals surface area contributed by atoms with Crippen LogP contribution < -0.4 is 5.32 Å². The molecule has 1 heterocycles. The highest BCUT2D eigenvalue weighted by atomic mass is 14.9. The Morgan fingerprint density at radius 3 is 3.08 bits per heavy atom. The van der Waals surface area contributed by atoms with Gasteiger partial charge in [-0.1, -0.05) is 25.1 Å². The van der Waals surface area contributed by atoms with E-state index in [1.165, 1.54) is 11.1 Å². The van der Waals surface area contributed by atoms with Crippen LogP contribution in [-0.2, 0) is 13.0 Å². The van der Waals surface area contributed by atoms with E-state index in [9.17, 15) is 0 Å². The van der Waals surface area contributed by atoms with Crippen LogP contribution in [0.15, 0.2) is 18.2 Å². The van der Waals surface area contributed by atoms with Crippen molar-refractivity contribution in [2.24, 2.45) is 0 Å². The Labute approximate surface area is 73.8 Å². The molecular weight excluding hydrogens is 146 g/mol. The molecule has 0 amide bonds. The van der Waals surface area contributed by atoms with Crippen molar-refractivity contribution < 1.29 is 0 Å². The van der Waals surface area contributed by atoms with Crippen molar-refractivity contribution in [1.82, 2.24) is 5.32 Å². The van der Waals surface area contributed by atoms with Crippen LogP contribution in [0.4, 0.5) is 0 Å². The zero-order valence-electron chi connectivity index (χ0n) is 7.72. The van der Waals surface area contributed by atoms with E-state index in [1.54, 1.807) is 5.56 Å². The summed E-state index contributed by atoms with van der Waals surface area (Å²) in [6, 6.07) is 7.18. The van der Waals surface area contributed by atoms with Crippen molar-refractivity contribution in [3.63, 3.8) is 0 Å². The van der Waals surface area contributed by atoms with Crippen molar-refractivity contribution in [3.8, 4) is 0 Å². The molecule has 2 rings (SSSR count). The van der Waals surface area contributed by atoms with Crippen molar-refractivity contribution in [2.45, 2.75) is 32.9 Å². The lowest BCUT2D eigenvalue weighted by atomic mass is 9.98. The number of benzene rings is 1. The summed E-state index contributed by atoms with van der Waals surface area (Å²) in [5, 5.41) is 3.46. The summed E-state index contributed by atoms with van der Waals surface area (Å²) in [7, 11) is 0. The topological polar surface area (TPSA) is 12.0 Å². The van der Waals surface area contributed by atoms with Gasteiger partial charge in [-0.05, 0) is 30.0 Å². The third-order valence-electron chi connectivity index (χ3n) is 2.70. The van der Waals surface area contributed by atoms with Gasteiger partial charge < -0.3 is 5.32 Å².